The van der Waals surface area contributed by atoms with Crippen LogP contribution >= 0.6 is 0 Å². The van der Waals surface area contributed by atoms with Crippen molar-refractivity contribution in [1.29, 1.82) is 0 Å². The Kier molecular flexibility index (Phi) is 4.18. The smallest absolute Gasteiger partial charge is 0.218 e. The molecular weight excluding hydrogens is 214 g/mol. The fourth-order valence-electron chi connectivity index (χ4n) is 2.30. The Labute approximate surface area is 103 Å². The lowest BCUT2D eigenvalue weighted by Gasteiger charge is -2.21. The van der Waals surface area contributed by atoms with Gasteiger partial charge in [0.1, 0.15) is 11.6 Å². The van der Waals surface area contributed by atoms with E-state index in [-0.39, 0.29) is 0 Å². The summed E-state index contributed by atoms with van der Waals surface area (Å²) in [5.41, 5.74) is 0. The average Bonchev–Trinajstić information content (AvgIpc) is 2.37. The first kappa shape index (κ1) is 12.1. The molecule has 1 fully saturated rings. The van der Waals surface area contributed by atoms with E-state index in [1.807, 2.05) is 20.0 Å². The fourth-order valence-corrected chi connectivity index (χ4v) is 2.30. The largest absolute Gasteiger partial charge is 0.477 e. The van der Waals surface area contributed by atoms with Crippen molar-refractivity contribution < 1.29 is 4.74 Å². The summed E-state index contributed by atoms with van der Waals surface area (Å²) in [5, 5.41) is 3.02. The van der Waals surface area contributed by atoms with Crippen molar-refractivity contribution in [3.05, 3.63) is 11.9 Å². The number of aryl methyl sites for hydroxylation is 1. The van der Waals surface area contributed by atoms with Crippen molar-refractivity contribution in [2.75, 3.05) is 19.0 Å². The molecule has 17 heavy (non-hydrogen) atoms. The lowest BCUT2D eigenvalue weighted by molar-refractivity contribution is 0.202. The Morgan fingerprint density at radius 3 is 2.76 bits per heavy atom. The lowest BCUT2D eigenvalue weighted by Crippen LogP contribution is -2.16. The van der Waals surface area contributed by atoms with Crippen LogP contribution in [0.1, 0.15) is 37.9 Å². The van der Waals surface area contributed by atoms with Crippen molar-refractivity contribution in [3.63, 3.8) is 0 Å². The van der Waals surface area contributed by atoms with Gasteiger partial charge in [-0.2, -0.15) is 4.98 Å². The Morgan fingerprint density at radius 2 is 2.06 bits per heavy atom. The van der Waals surface area contributed by atoms with Gasteiger partial charge in [0.2, 0.25) is 5.88 Å². The number of anilines is 1. The van der Waals surface area contributed by atoms with Crippen molar-refractivity contribution in [2.24, 2.45) is 5.92 Å². The summed E-state index contributed by atoms with van der Waals surface area (Å²) in [6.45, 7) is 2.67. The molecule has 0 bridgehead atoms. The van der Waals surface area contributed by atoms with Crippen LogP contribution in [0.5, 0.6) is 5.88 Å². The molecule has 94 valence electrons. The van der Waals surface area contributed by atoms with Crippen LogP contribution in [0, 0.1) is 12.8 Å². The molecule has 4 heteroatoms. The summed E-state index contributed by atoms with van der Waals surface area (Å²) < 4.78 is 5.78. The first-order valence-electron chi connectivity index (χ1n) is 6.44. The molecule has 0 saturated heterocycles. The van der Waals surface area contributed by atoms with E-state index in [9.17, 15) is 0 Å². The first-order valence-corrected chi connectivity index (χ1v) is 6.44. The van der Waals surface area contributed by atoms with Gasteiger partial charge in [-0.3, -0.25) is 0 Å². The van der Waals surface area contributed by atoms with Gasteiger partial charge in [0.25, 0.3) is 0 Å². The summed E-state index contributed by atoms with van der Waals surface area (Å²) in [5.74, 6) is 2.95. The SMILES string of the molecule is CNc1cc(OCC2CCCCC2)nc(C)n1. The zero-order valence-electron chi connectivity index (χ0n) is 10.7. The van der Waals surface area contributed by atoms with Crippen LogP contribution in [-0.2, 0) is 0 Å². The normalized spacial score (nSPS) is 16.8. The van der Waals surface area contributed by atoms with Crippen LogP contribution in [0.25, 0.3) is 0 Å². The number of rotatable bonds is 4. The minimum atomic E-state index is 0.687. The van der Waals surface area contributed by atoms with Gasteiger partial charge in [0.05, 0.1) is 6.61 Å². The monoisotopic (exact) mass is 235 g/mol. The van der Waals surface area contributed by atoms with Gasteiger partial charge in [-0.25, -0.2) is 4.98 Å². The molecule has 1 aromatic heterocycles. The van der Waals surface area contributed by atoms with E-state index in [0.29, 0.717) is 11.8 Å². The van der Waals surface area contributed by atoms with Crippen LogP contribution in [0.3, 0.4) is 0 Å². The van der Waals surface area contributed by atoms with Crippen molar-refractivity contribution in [3.8, 4) is 5.88 Å². The summed E-state index contributed by atoms with van der Waals surface area (Å²) in [6, 6.07) is 1.86. The number of ether oxygens (including phenoxy) is 1. The molecule has 0 amide bonds. The third kappa shape index (κ3) is 3.58. The number of nitrogens with zero attached hydrogens (tertiary/aromatic N) is 2. The highest BCUT2D eigenvalue weighted by Crippen LogP contribution is 2.24. The van der Waals surface area contributed by atoms with Gasteiger partial charge >= 0.3 is 0 Å². The molecule has 0 aliphatic heterocycles. The molecule has 1 aliphatic rings. The molecule has 0 aromatic carbocycles. The van der Waals surface area contributed by atoms with Crippen molar-refractivity contribution in [1.82, 2.24) is 9.97 Å². The minimum absolute atomic E-state index is 0.687. The molecular formula is C13H21N3O. The van der Waals surface area contributed by atoms with Crippen molar-refractivity contribution >= 4 is 5.82 Å². The highest BCUT2D eigenvalue weighted by molar-refractivity contribution is 5.37. The number of hydrogen-bond acceptors (Lipinski definition) is 4. The van der Waals surface area contributed by atoms with Crippen LogP contribution in [0.4, 0.5) is 5.82 Å². The van der Waals surface area contributed by atoms with E-state index < -0.39 is 0 Å². The maximum absolute atomic E-state index is 5.78. The first-order chi connectivity index (χ1) is 8.28. The highest BCUT2D eigenvalue weighted by Gasteiger charge is 2.14. The van der Waals surface area contributed by atoms with Gasteiger partial charge in [-0.15, -0.1) is 0 Å². The molecule has 0 radical (unpaired) electrons. The van der Waals surface area contributed by atoms with Gasteiger partial charge in [-0.05, 0) is 25.7 Å². The second-order valence-corrected chi connectivity index (χ2v) is 4.70. The third-order valence-corrected chi connectivity index (χ3v) is 3.26. The summed E-state index contributed by atoms with van der Waals surface area (Å²) in [7, 11) is 1.85. The number of hydrogen-bond donors (Lipinski definition) is 1. The van der Waals surface area contributed by atoms with E-state index in [0.717, 1.165) is 18.2 Å². The molecule has 1 heterocycles. The van der Waals surface area contributed by atoms with E-state index >= 15 is 0 Å². The molecule has 1 N–H and O–H groups in total. The fraction of sp³-hybridized carbons (Fsp3) is 0.692. The quantitative estimate of drug-likeness (QED) is 0.871. The summed E-state index contributed by atoms with van der Waals surface area (Å²) in [6.07, 6.45) is 6.66. The Balaban J connectivity index is 1.91. The molecule has 0 spiro atoms. The molecule has 0 atom stereocenters. The number of aromatic nitrogens is 2. The maximum Gasteiger partial charge on any atom is 0.218 e. The zero-order chi connectivity index (χ0) is 12.1. The van der Waals surface area contributed by atoms with E-state index in [1.54, 1.807) is 0 Å². The lowest BCUT2D eigenvalue weighted by atomic mass is 9.90. The third-order valence-electron chi connectivity index (χ3n) is 3.26. The molecule has 1 aromatic rings. The van der Waals surface area contributed by atoms with E-state index in [1.165, 1.54) is 32.1 Å². The van der Waals surface area contributed by atoms with Gasteiger partial charge in [-0.1, -0.05) is 19.3 Å². The van der Waals surface area contributed by atoms with E-state index in [2.05, 4.69) is 15.3 Å². The molecule has 2 rings (SSSR count). The predicted molar refractivity (Wildman–Crippen MR) is 68.4 cm³/mol. The van der Waals surface area contributed by atoms with Crippen LogP contribution in [0.15, 0.2) is 6.07 Å². The molecule has 0 unspecified atom stereocenters. The average molecular weight is 235 g/mol. The van der Waals surface area contributed by atoms with Crippen LogP contribution in [0.2, 0.25) is 0 Å². The second kappa shape index (κ2) is 5.84. The Bertz CT molecular complexity index is 362. The maximum atomic E-state index is 5.78. The zero-order valence-corrected chi connectivity index (χ0v) is 10.7. The van der Waals surface area contributed by atoms with Crippen molar-refractivity contribution in [2.45, 2.75) is 39.0 Å². The molecule has 1 aliphatic carbocycles. The number of nitrogens with one attached hydrogen (secondary N) is 1. The topological polar surface area (TPSA) is 47.0 Å². The Morgan fingerprint density at radius 1 is 1.29 bits per heavy atom. The van der Waals surface area contributed by atoms with Gasteiger partial charge in [0, 0.05) is 13.1 Å². The van der Waals surface area contributed by atoms with E-state index in [4.69, 9.17) is 4.74 Å². The van der Waals surface area contributed by atoms with Crippen LogP contribution < -0.4 is 10.1 Å². The second-order valence-electron chi connectivity index (χ2n) is 4.70. The minimum Gasteiger partial charge on any atom is -0.477 e. The highest BCUT2D eigenvalue weighted by atomic mass is 16.5. The molecule has 1 saturated carbocycles. The van der Waals surface area contributed by atoms with Gasteiger partial charge < -0.3 is 10.1 Å². The predicted octanol–water partition coefficient (Wildman–Crippen LogP) is 2.79. The van der Waals surface area contributed by atoms with Gasteiger partial charge in [0.15, 0.2) is 0 Å². The Hall–Kier alpha value is -1.32. The van der Waals surface area contributed by atoms with Crippen LogP contribution in [-0.4, -0.2) is 23.6 Å². The summed E-state index contributed by atoms with van der Waals surface area (Å²) in [4.78, 5) is 8.54. The molecule has 4 nitrogen and oxygen atoms in total. The summed E-state index contributed by atoms with van der Waals surface area (Å²) >= 11 is 0. The standard InChI is InChI=1S/C13H21N3O/c1-10-15-12(14-2)8-13(16-10)17-9-11-6-4-3-5-7-11/h8,11H,3-7,9H2,1-2H3,(H,14,15,16).